The molecule has 8 atom stereocenters. The molecule has 2 aromatic rings. The van der Waals surface area contributed by atoms with Gasteiger partial charge in [-0.1, -0.05) is 71.4 Å². The van der Waals surface area contributed by atoms with E-state index in [0.717, 1.165) is 81.9 Å². The topological polar surface area (TPSA) is 153 Å². The van der Waals surface area contributed by atoms with E-state index in [2.05, 4.69) is 55.2 Å². The van der Waals surface area contributed by atoms with Crippen LogP contribution >= 0.6 is 0 Å². The third-order valence-corrected chi connectivity index (χ3v) is 11.7. The zero-order valence-corrected chi connectivity index (χ0v) is 31.1. The molecule has 1 fully saturated rings. The summed E-state index contributed by atoms with van der Waals surface area (Å²) in [5.74, 6) is 0.203. The highest BCUT2D eigenvalue weighted by atomic mass is 16.4. The summed E-state index contributed by atoms with van der Waals surface area (Å²) in [5.41, 5.74) is 8.47. The maximum Gasteiger partial charge on any atom is 0.309 e. The Morgan fingerprint density at radius 2 is 1.82 bits per heavy atom. The summed E-state index contributed by atoms with van der Waals surface area (Å²) in [6.07, 6.45) is 22.2. The zero-order valence-electron chi connectivity index (χ0n) is 31.1. The number of unbranched alkanes of at least 4 members (excludes halogenated alkanes) is 4. The number of anilines is 1. The molecule has 280 valence electrons. The number of aromatic amines is 1. The second-order valence-corrected chi connectivity index (χ2v) is 16.4. The number of hydrogen-bond acceptors (Lipinski definition) is 6. The molecule has 4 rings (SSSR count). The van der Waals surface area contributed by atoms with Gasteiger partial charge in [0.2, 0.25) is 0 Å². The van der Waals surface area contributed by atoms with Crippen molar-refractivity contribution in [3.8, 4) is 0 Å². The number of carbonyl (C=O) groups is 1. The number of allylic oxidation sites excluding steroid dienone is 1. The molecule has 0 unspecified atom stereocenters. The fourth-order valence-electron chi connectivity index (χ4n) is 8.69. The van der Waals surface area contributed by atoms with Crippen molar-refractivity contribution in [3.63, 3.8) is 0 Å². The molecule has 50 heavy (non-hydrogen) atoms. The number of carboxylic acid groups (broad SMARTS) is 1. The molecule has 0 aromatic carbocycles. The van der Waals surface area contributed by atoms with Crippen LogP contribution in [0.15, 0.2) is 42.7 Å². The quantitative estimate of drug-likeness (QED) is 0.0539. The van der Waals surface area contributed by atoms with Crippen LogP contribution in [0.25, 0.3) is 0 Å². The fourth-order valence-corrected chi connectivity index (χ4v) is 8.69. The number of nitrogens with zero attached hydrogens (tertiary/aromatic N) is 1. The molecule has 2 aromatic heterocycles. The van der Waals surface area contributed by atoms with E-state index in [1.807, 2.05) is 12.1 Å². The van der Waals surface area contributed by atoms with E-state index in [0.29, 0.717) is 36.9 Å². The molecule has 2 aliphatic carbocycles. The van der Waals surface area contributed by atoms with Crippen LogP contribution in [0.2, 0.25) is 0 Å². The van der Waals surface area contributed by atoms with Gasteiger partial charge in [0, 0.05) is 24.0 Å². The Labute approximate surface area is 301 Å². The summed E-state index contributed by atoms with van der Waals surface area (Å²) in [4.78, 5) is 19.9. The highest BCUT2D eigenvalue weighted by molar-refractivity contribution is 5.70. The summed E-state index contributed by atoms with van der Waals surface area (Å²) >= 11 is 0. The van der Waals surface area contributed by atoms with Gasteiger partial charge in [0.25, 0.3) is 0 Å². The molecule has 0 amide bonds. The van der Waals surface area contributed by atoms with E-state index in [1.54, 1.807) is 6.20 Å². The molecule has 7 N–H and O–H groups in total. The molecular weight excluding hydrogens is 626 g/mol. The van der Waals surface area contributed by atoms with Gasteiger partial charge in [-0.25, -0.2) is 4.98 Å². The average Bonchev–Trinajstić information content (AvgIpc) is 3.64. The molecule has 0 bridgehead atoms. The van der Waals surface area contributed by atoms with Crippen molar-refractivity contribution in [2.24, 2.45) is 35.5 Å². The lowest BCUT2D eigenvalue weighted by Crippen LogP contribution is -2.37. The molecule has 8 heteroatoms. The zero-order chi connectivity index (χ0) is 36.1. The summed E-state index contributed by atoms with van der Waals surface area (Å²) in [6.45, 7) is 6.68. The Morgan fingerprint density at radius 1 is 1.02 bits per heavy atom. The van der Waals surface area contributed by atoms with Crippen molar-refractivity contribution in [1.29, 1.82) is 0 Å². The van der Waals surface area contributed by atoms with Gasteiger partial charge in [-0.3, -0.25) is 4.79 Å². The number of pyridine rings is 1. The number of aliphatic carboxylic acids is 1. The summed E-state index contributed by atoms with van der Waals surface area (Å²) in [7, 11) is 0. The third kappa shape index (κ3) is 12.5. The standard InChI is InChI=1S/C42H67N3O5/c1-4-5-7-10-30-15-16-34(39(47)24-30)11-8-6-9-12-37(41(48)49)38(46)17-19-42(50)27-33(21-31-18-20-44-40(43)25-31)22-35(42)26-36-23-32(28-45-36)14-13-29(2)3/h15-16,18,20,23,25,28-30,33-35,37-39,45-47,50H,4-14,17,19,21-22,24,26-27H2,1-3H3,(H2,43,44)(H,48,49)/t30-,33-,34-,35+,37+,38-,39-,42+/m1/s1. The Morgan fingerprint density at radius 3 is 2.54 bits per heavy atom. The first kappa shape index (κ1) is 40.1. The highest BCUT2D eigenvalue weighted by Crippen LogP contribution is 2.46. The second kappa shape index (κ2) is 19.8. The van der Waals surface area contributed by atoms with Crippen LogP contribution in [0.4, 0.5) is 5.82 Å². The largest absolute Gasteiger partial charge is 0.481 e. The van der Waals surface area contributed by atoms with Gasteiger partial charge in [-0.15, -0.1) is 0 Å². The molecule has 0 saturated heterocycles. The summed E-state index contributed by atoms with van der Waals surface area (Å²) in [6, 6.07) is 6.11. The Bertz CT molecular complexity index is 1330. The minimum Gasteiger partial charge on any atom is -0.481 e. The number of nitrogen functional groups attached to an aromatic ring is 1. The van der Waals surface area contributed by atoms with Crippen molar-refractivity contribution in [2.45, 2.75) is 154 Å². The number of aryl methyl sites for hydroxylation is 1. The molecule has 0 aliphatic heterocycles. The van der Waals surface area contributed by atoms with Crippen molar-refractivity contribution in [1.82, 2.24) is 9.97 Å². The average molecular weight is 694 g/mol. The maximum absolute atomic E-state index is 12.3. The SMILES string of the molecule is CCCCC[C@@H]1C=C[C@@H](CCCCC[C@H](C(=O)O)[C@H](O)CC[C@]2(O)C[C@H](Cc3ccnc(N)c3)C[C@H]2Cc2cc(CCC(C)C)c[nH]2)[C@H](O)C1. The van der Waals surface area contributed by atoms with Crippen molar-refractivity contribution in [2.75, 3.05) is 5.73 Å². The van der Waals surface area contributed by atoms with Gasteiger partial charge in [0.1, 0.15) is 5.82 Å². The van der Waals surface area contributed by atoms with Crippen molar-refractivity contribution >= 4 is 11.8 Å². The lowest BCUT2D eigenvalue weighted by Gasteiger charge is -2.32. The minimum atomic E-state index is -1.02. The van der Waals surface area contributed by atoms with E-state index in [4.69, 9.17) is 5.73 Å². The van der Waals surface area contributed by atoms with Crippen LogP contribution in [0.3, 0.4) is 0 Å². The molecule has 0 spiro atoms. The van der Waals surface area contributed by atoms with Gasteiger partial charge in [0.05, 0.1) is 23.7 Å². The number of nitrogens with two attached hydrogens (primary N) is 1. The Hall–Kier alpha value is -2.68. The third-order valence-electron chi connectivity index (χ3n) is 11.7. The molecule has 0 radical (unpaired) electrons. The number of aliphatic hydroxyl groups is 3. The van der Waals surface area contributed by atoms with Crippen molar-refractivity contribution in [3.05, 3.63) is 59.6 Å². The van der Waals surface area contributed by atoms with Crippen LogP contribution in [0.5, 0.6) is 0 Å². The number of H-pyrrole nitrogens is 1. The molecular formula is C42H67N3O5. The van der Waals surface area contributed by atoms with Gasteiger partial charge >= 0.3 is 5.97 Å². The smallest absolute Gasteiger partial charge is 0.309 e. The molecule has 8 nitrogen and oxygen atoms in total. The number of aliphatic hydroxyl groups excluding tert-OH is 2. The normalized spacial score (nSPS) is 26.4. The number of hydrogen-bond donors (Lipinski definition) is 6. The lowest BCUT2D eigenvalue weighted by molar-refractivity contribution is -0.146. The van der Waals surface area contributed by atoms with Gasteiger partial charge in [0.15, 0.2) is 0 Å². The molecule has 1 saturated carbocycles. The number of carboxylic acids is 1. The van der Waals surface area contributed by atoms with E-state index in [9.17, 15) is 25.2 Å². The van der Waals surface area contributed by atoms with Gasteiger partial charge in [-0.05, 0) is 130 Å². The first-order chi connectivity index (χ1) is 24.0. The first-order valence-corrected chi connectivity index (χ1v) is 19.8. The number of nitrogens with one attached hydrogen (secondary N) is 1. The summed E-state index contributed by atoms with van der Waals surface area (Å²) in [5, 5.41) is 44.2. The Balaban J connectivity index is 1.29. The van der Waals surface area contributed by atoms with Gasteiger partial charge < -0.3 is 31.1 Å². The second-order valence-electron chi connectivity index (χ2n) is 16.4. The van der Waals surface area contributed by atoms with Crippen LogP contribution in [0.1, 0.15) is 134 Å². The first-order valence-electron chi connectivity index (χ1n) is 19.8. The van der Waals surface area contributed by atoms with Crippen LogP contribution < -0.4 is 5.73 Å². The van der Waals surface area contributed by atoms with E-state index in [1.165, 1.54) is 24.8 Å². The predicted octanol–water partition coefficient (Wildman–Crippen LogP) is 8.05. The minimum absolute atomic E-state index is 0.00503. The van der Waals surface area contributed by atoms with Crippen LogP contribution in [0, 0.1) is 35.5 Å². The van der Waals surface area contributed by atoms with E-state index < -0.39 is 23.6 Å². The predicted molar refractivity (Wildman–Crippen MR) is 202 cm³/mol. The highest BCUT2D eigenvalue weighted by Gasteiger charge is 2.46. The Kier molecular flexibility index (Phi) is 15.9. The van der Waals surface area contributed by atoms with Crippen LogP contribution in [-0.2, 0) is 24.1 Å². The number of rotatable bonds is 22. The lowest BCUT2D eigenvalue weighted by atomic mass is 9.80. The fraction of sp³-hybridized carbons (Fsp3) is 0.714. The van der Waals surface area contributed by atoms with E-state index in [-0.39, 0.29) is 30.3 Å². The van der Waals surface area contributed by atoms with Crippen LogP contribution in [-0.4, -0.2) is 54.2 Å². The summed E-state index contributed by atoms with van der Waals surface area (Å²) < 4.78 is 0. The van der Waals surface area contributed by atoms with Crippen molar-refractivity contribution < 1.29 is 25.2 Å². The van der Waals surface area contributed by atoms with E-state index >= 15 is 0 Å². The van der Waals surface area contributed by atoms with Gasteiger partial charge in [-0.2, -0.15) is 0 Å². The number of aromatic nitrogens is 2. The molecule has 2 heterocycles. The maximum atomic E-state index is 12.3. The molecule has 2 aliphatic rings. The monoisotopic (exact) mass is 694 g/mol.